The molecule has 0 radical (unpaired) electrons. The molecule has 29 heavy (non-hydrogen) atoms. The van der Waals surface area contributed by atoms with Crippen LogP contribution in [0.2, 0.25) is 0 Å². The molecular formula is C23H33IN4O. The first-order valence-corrected chi connectivity index (χ1v) is 10.2. The number of hydrogen-bond donors (Lipinski definition) is 1. The van der Waals surface area contributed by atoms with Crippen molar-refractivity contribution in [3.63, 3.8) is 0 Å². The van der Waals surface area contributed by atoms with E-state index in [9.17, 15) is 0 Å². The molecule has 1 unspecified atom stereocenters. The highest BCUT2D eigenvalue weighted by molar-refractivity contribution is 14.0. The summed E-state index contributed by atoms with van der Waals surface area (Å²) in [6, 6.07) is 14.3. The number of benzene rings is 1. The minimum Gasteiger partial charge on any atom is -0.490 e. The summed E-state index contributed by atoms with van der Waals surface area (Å²) in [5.74, 6) is 2.87. The molecule has 1 atom stereocenters. The first kappa shape index (κ1) is 23.4. The molecule has 1 aliphatic heterocycles. The lowest BCUT2D eigenvalue weighted by molar-refractivity contribution is 0.129. The fourth-order valence-corrected chi connectivity index (χ4v) is 3.74. The van der Waals surface area contributed by atoms with Crippen molar-refractivity contribution in [2.24, 2.45) is 10.9 Å². The lowest BCUT2D eigenvalue weighted by Crippen LogP contribution is -2.48. The third-order valence-electron chi connectivity index (χ3n) is 5.40. The molecular weight excluding hydrogens is 475 g/mol. The quantitative estimate of drug-likeness (QED) is 0.353. The molecule has 0 bridgehead atoms. The van der Waals surface area contributed by atoms with Crippen LogP contribution in [0.5, 0.6) is 5.75 Å². The van der Waals surface area contributed by atoms with Crippen molar-refractivity contribution in [1.29, 1.82) is 0 Å². The van der Waals surface area contributed by atoms with Crippen LogP contribution < -0.4 is 10.1 Å². The zero-order valence-electron chi connectivity index (χ0n) is 17.6. The second kappa shape index (κ2) is 12.0. The number of para-hydroxylation sites is 1. The highest BCUT2D eigenvalue weighted by atomic mass is 127. The Balaban J connectivity index is 0.00000300. The van der Waals surface area contributed by atoms with Gasteiger partial charge in [-0.05, 0) is 29.7 Å². The summed E-state index contributed by atoms with van der Waals surface area (Å²) in [6.07, 6.45) is 6.09. The fourth-order valence-electron chi connectivity index (χ4n) is 3.74. The average Bonchev–Trinajstić information content (AvgIpc) is 2.73. The number of ether oxygens (including phenoxy) is 1. The number of rotatable bonds is 6. The molecule has 0 saturated carbocycles. The van der Waals surface area contributed by atoms with Gasteiger partial charge >= 0.3 is 0 Å². The van der Waals surface area contributed by atoms with Crippen LogP contribution >= 0.6 is 24.0 Å². The summed E-state index contributed by atoms with van der Waals surface area (Å²) in [5, 5.41) is 3.59. The Morgan fingerprint density at radius 1 is 1.17 bits per heavy atom. The van der Waals surface area contributed by atoms with E-state index in [0.29, 0.717) is 11.8 Å². The lowest BCUT2D eigenvalue weighted by atomic mass is 9.89. The molecule has 0 spiro atoms. The smallest absolute Gasteiger partial charge is 0.193 e. The summed E-state index contributed by atoms with van der Waals surface area (Å²) in [5.41, 5.74) is 1.27. The number of pyridine rings is 1. The van der Waals surface area contributed by atoms with Gasteiger partial charge in [-0.1, -0.05) is 38.1 Å². The fraction of sp³-hybridized carbons (Fsp3) is 0.478. The maximum Gasteiger partial charge on any atom is 0.193 e. The molecule has 1 aliphatic rings. The van der Waals surface area contributed by atoms with Crippen LogP contribution in [-0.4, -0.2) is 48.6 Å². The van der Waals surface area contributed by atoms with E-state index in [1.54, 1.807) is 0 Å². The van der Waals surface area contributed by atoms with Gasteiger partial charge in [0.1, 0.15) is 11.9 Å². The van der Waals surface area contributed by atoms with Gasteiger partial charge in [0.05, 0.1) is 0 Å². The zero-order chi connectivity index (χ0) is 19.8. The van der Waals surface area contributed by atoms with Crippen molar-refractivity contribution >= 4 is 29.9 Å². The van der Waals surface area contributed by atoms with Gasteiger partial charge < -0.3 is 15.0 Å². The first-order chi connectivity index (χ1) is 13.7. The van der Waals surface area contributed by atoms with Gasteiger partial charge in [0.15, 0.2) is 5.96 Å². The van der Waals surface area contributed by atoms with Gasteiger partial charge in [0.2, 0.25) is 0 Å². The second-order valence-corrected chi connectivity index (χ2v) is 7.68. The van der Waals surface area contributed by atoms with Gasteiger partial charge in [0, 0.05) is 57.8 Å². The molecule has 5 nitrogen and oxygen atoms in total. The molecule has 3 rings (SSSR count). The second-order valence-electron chi connectivity index (χ2n) is 7.68. The van der Waals surface area contributed by atoms with Gasteiger partial charge in [-0.2, -0.15) is 0 Å². The largest absolute Gasteiger partial charge is 0.490 e. The highest BCUT2D eigenvalue weighted by Gasteiger charge is 2.24. The summed E-state index contributed by atoms with van der Waals surface area (Å²) >= 11 is 0. The Morgan fingerprint density at radius 2 is 1.90 bits per heavy atom. The maximum absolute atomic E-state index is 6.11. The summed E-state index contributed by atoms with van der Waals surface area (Å²) in [7, 11) is 1.86. The Kier molecular flexibility index (Phi) is 9.70. The van der Waals surface area contributed by atoms with E-state index < -0.39 is 0 Å². The van der Waals surface area contributed by atoms with E-state index in [4.69, 9.17) is 4.74 Å². The minimum atomic E-state index is 0. The van der Waals surface area contributed by atoms with E-state index in [-0.39, 0.29) is 30.1 Å². The number of hydrogen-bond acceptors (Lipinski definition) is 3. The Labute approximate surface area is 192 Å². The Hall–Kier alpha value is -1.83. The lowest BCUT2D eigenvalue weighted by Gasteiger charge is -2.35. The third kappa shape index (κ3) is 6.87. The van der Waals surface area contributed by atoms with Crippen molar-refractivity contribution in [2.45, 2.75) is 38.7 Å². The molecule has 1 saturated heterocycles. The number of guanidine groups is 1. The number of nitrogens with one attached hydrogen (secondary N) is 1. The van der Waals surface area contributed by atoms with E-state index in [0.717, 1.165) is 44.2 Å². The normalized spacial score (nSPS) is 16.3. The predicted octanol–water partition coefficient (Wildman–Crippen LogP) is 4.56. The van der Waals surface area contributed by atoms with Crippen molar-refractivity contribution < 1.29 is 4.74 Å². The predicted molar refractivity (Wildman–Crippen MR) is 130 cm³/mol. The monoisotopic (exact) mass is 508 g/mol. The van der Waals surface area contributed by atoms with E-state index in [1.807, 2.05) is 55.8 Å². The number of likely N-dealkylation sites (tertiary alicyclic amines) is 1. The van der Waals surface area contributed by atoms with Crippen molar-refractivity contribution in [2.75, 3.05) is 26.7 Å². The number of halogens is 1. The molecule has 1 aromatic heterocycles. The number of aliphatic imine (C=N–C) groups is 1. The van der Waals surface area contributed by atoms with Crippen LogP contribution in [0, 0.1) is 5.92 Å². The van der Waals surface area contributed by atoms with Crippen LogP contribution in [-0.2, 0) is 0 Å². The minimum absolute atomic E-state index is 0. The van der Waals surface area contributed by atoms with Crippen molar-refractivity contribution in [3.05, 3.63) is 60.4 Å². The van der Waals surface area contributed by atoms with Crippen molar-refractivity contribution in [3.8, 4) is 5.75 Å². The van der Waals surface area contributed by atoms with Crippen LogP contribution in [0.1, 0.15) is 38.2 Å². The first-order valence-electron chi connectivity index (χ1n) is 10.2. The molecule has 158 valence electrons. The van der Waals surface area contributed by atoms with Crippen LogP contribution in [0.25, 0.3) is 0 Å². The highest BCUT2D eigenvalue weighted by Crippen LogP contribution is 2.23. The molecule has 2 aromatic rings. The van der Waals surface area contributed by atoms with E-state index in [1.165, 1.54) is 5.56 Å². The Bertz CT molecular complexity index is 731. The number of aromatic nitrogens is 1. The summed E-state index contributed by atoms with van der Waals surface area (Å²) in [6.45, 7) is 7.28. The SMILES string of the molecule is CN=C(NCC(c1cccnc1)C(C)C)N1CCC(Oc2ccccc2)CC1.I. The van der Waals surface area contributed by atoms with Gasteiger partial charge in [-0.3, -0.25) is 9.98 Å². The standard InChI is InChI=1S/C23H32N4O.HI/c1-18(2)22(19-8-7-13-25-16-19)17-26-23(24-3)27-14-11-21(12-15-27)28-20-9-5-4-6-10-20;/h4-10,13,16,18,21-22H,11-12,14-15,17H2,1-3H3,(H,24,26);1H. The molecule has 1 fully saturated rings. The van der Waals surface area contributed by atoms with Crippen LogP contribution in [0.15, 0.2) is 59.9 Å². The van der Waals surface area contributed by atoms with Crippen molar-refractivity contribution in [1.82, 2.24) is 15.2 Å². The van der Waals surface area contributed by atoms with E-state index >= 15 is 0 Å². The Morgan fingerprint density at radius 3 is 2.48 bits per heavy atom. The van der Waals surface area contributed by atoms with Crippen LogP contribution in [0.3, 0.4) is 0 Å². The van der Waals surface area contributed by atoms with E-state index in [2.05, 4.69) is 40.1 Å². The summed E-state index contributed by atoms with van der Waals surface area (Å²) < 4.78 is 6.11. The summed E-state index contributed by atoms with van der Waals surface area (Å²) in [4.78, 5) is 11.1. The van der Waals surface area contributed by atoms with Gasteiger partial charge in [-0.15, -0.1) is 24.0 Å². The zero-order valence-corrected chi connectivity index (χ0v) is 20.0. The maximum atomic E-state index is 6.11. The average molecular weight is 508 g/mol. The topological polar surface area (TPSA) is 49.8 Å². The molecule has 1 N–H and O–H groups in total. The van der Waals surface area contributed by atoms with Gasteiger partial charge in [0.25, 0.3) is 0 Å². The molecule has 6 heteroatoms. The van der Waals surface area contributed by atoms with Gasteiger partial charge in [-0.25, -0.2) is 0 Å². The molecule has 0 amide bonds. The molecule has 1 aromatic carbocycles. The number of piperidine rings is 1. The molecule has 2 heterocycles. The molecule has 0 aliphatic carbocycles. The number of nitrogens with zero attached hydrogens (tertiary/aromatic N) is 3. The third-order valence-corrected chi connectivity index (χ3v) is 5.40. The van der Waals surface area contributed by atoms with Crippen LogP contribution in [0.4, 0.5) is 0 Å².